The minimum atomic E-state index is -0.187. The van der Waals surface area contributed by atoms with Crippen LogP contribution in [-0.2, 0) is 4.74 Å². The van der Waals surface area contributed by atoms with E-state index >= 15 is 0 Å². The maximum Gasteiger partial charge on any atom is 0.101 e. The van der Waals surface area contributed by atoms with Crippen LogP contribution >= 0.6 is 0 Å². The number of nitrogen functional groups attached to an aromatic ring is 1. The Labute approximate surface area is 100 Å². The van der Waals surface area contributed by atoms with E-state index in [1.54, 1.807) is 12.1 Å². The molecule has 0 bridgehead atoms. The van der Waals surface area contributed by atoms with Crippen molar-refractivity contribution in [1.29, 1.82) is 5.26 Å². The fourth-order valence-corrected chi connectivity index (χ4v) is 1.97. The van der Waals surface area contributed by atoms with Crippen molar-refractivity contribution in [1.82, 2.24) is 0 Å². The average molecular weight is 233 g/mol. The molecule has 90 valence electrons. The average Bonchev–Trinajstić information content (AvgIpc) is 2.38. The highest BCUT2D eigenvalue weighted by Crippen LogP contribution is 2.24. The van der Waals surface area contributed by atoms with Gasteiger partial charge in [-0.1, -0.05) is 0 Å². The summed E-state index contributed by atoms with van der Waals surface area (Å²) < 4.78 is 5.38. The number of nitriles is 1. The lowest BCUT2D eigenvalue weighted by atomic mass is 10.1. The van der Waals surface area contributed by atoms with Crippen molar-refractivity contribution in [3.8, 4) is 6.07 Å². The van der Waals surface area contributed by atoms with Crippen LogP contribution in [0.5, 0.6) is 0 Å². The Morgan fingerprint density at radius 2 is 2.41 bits per heavy atom. The number of hydrogen-bond donors (Lipinski definition) is 2. The number of ether oxygens (including phenoxy) is 1. The summed E-state index contributed by atoms with van der Waals surface area (Å²) in [5.74, 6) is 0. The summed E-state index contributed by atoms with van der Waals surface area (Å²) in [6.07, 6.45) is -0.187. The molecule has 1 aliphatic heterocycles. The lowest BCUT2D eigenvalue weighted by molar-refractivity contribution is 0.00356. The number of morpholine rings is 1. The first-order valence-electron chi connectivity index (χ1n) is 5.51. The van der Waals surface area contributed by atoms with Gasteiger partial charge in [0, 0.05) is 18.8 Å². The predicted octanol–water partition coefficient (Wildman–Crippen LogP) is 0.338. The van der Waals surface area contributed by atoms with E-state index in [0.29, 0.717) is 24.4 Å². The third kappa shape index (κ3) is 2.49. The molecule has 5 nitrogen and oxygen atoms in total. The van der Waals surface area contributed by atoms with E-state index in [-0.39, 0.29) is 12.7 Å². The number of nitrogens with zero attached hydrogens (tertiary/aromatic N) is 2. The highest BCUT2D eigenvalue weighted by molar-refractivity contribution is 5.64. The maximum atomic E-state index is 9.09. The first kappa shape index (κ1) is 11.7. The molecule has 0 aromatic heterocycles. The molecule has 0 saturated carbocycles. The molecule has 1 heterocycles. The number of aliphatic hydroxyl groups excluding tert-OH is 1. The Bertz CT molecular complexity index is 442. The summed E-state index contributed by atoms with van der Waals surface area (Å²) in [7, 11) is 0. The minimum absolute atomic E-state index is 0.00659. The van der Waals surface area contributed by atoms with E-state index in [2.05, 4.69) is 6.07 Å². The Hall–Kier alpha value is -1.77. The molecular weight excluding hydrogens is 218 g/mol. The SMILES string of the molecule is N#Cc1cc(N)ccc1N1CCOC(CO)C1. The van der Waals surface area contributed by atoms with Crippen molar-refractivity contribution >= 4 is 11.4 Å². The van der Waals surface area contributed by atoms with Crippen molar-refractivity contribution in [2.75, 3.05) is 36.9 Å². The molecule has 1 unspecified atom stereocenters. The summed E-state index contributed by atoms with van der Waals surface area (Å²) in [5.41, 5.74) is 7.64. The fraction of sp³-hybridized carbons (Fsp3) is 0.417. The molecule has 17 heavy (non-hydrogen) atoms. The third-order valence-corrected chi connectivity index (χ3v) is 2.82. The van der Waals surface area contributed by atoms with E-state index in [0.717, 1.165) is 12.2 Å². The molecule has 2 rings (SSSR count). The van der Waals surface area contributed by atoms with Gasteiger partial charge in [-0.3, -0.25) is 0 Å². The van der Waals surface area contributed by atoms with Gasteiger partial charge in [0.1, 0.15) is 6.07 Å². The summed E-state index contributed by atoms with van der Waals surface area (Å²) in [4.78, 5) is 2.04. The molecule has 3 N–H and O–H groups in total. The number of anilines is 2. The van der Waals surface area contributed by atoms with Crippen LogP contribution in [-0.4, -0.2) is 37.5 Å². The van der Waals surface area contributed by atoms with E-state index in [1.165, 1.54) is 0 Å². The normalized spacial score (nSPS) is 20.0. The van der Waals surface area contributed by atoms with E-state index in [9.17, 15) is 0 Å². The number of nitrogens with two attached hydrogens (primary N) is 1. The number of aliphatic hydroxyl groups is 1. The Balaban J connectivity index is 2.24. The molecule has 0 amide bonds. The van der Waals surface area contributed by atoms with Gasteiger partial charge in [-0.05, 0) is 18.2 Å². The standard InChI is InChI=1S/C12H15N3O2/c13-6-9-5-10(14)1-2-12(9)15-3-4-17-11(7-15)8-16/h1-2,5,11,16H,3-4,7-8,14H2. The van der Waals surface area contributed by atoms with Crippen LogP contribution in [0, 0.1) is 11.3 Å². The maximum absolute atomic E-state index is 9.09. The molecule has 0 spiro atoms. The van der Waals surface area contributed by atoms with Gasteiger partial charge >= 0.3 is 0 Å². The van der Waals surface area contributed by atoms with Crippen molar-refractivity contribution < 1.29 is 9.84 Å². The third-order valence-electron chi connectivity index (χ3n) is 2.82. The topological polar surface area (TPSA) is 82.5 Å². The van der Waals surface area contributed by atoms with Crippen LogP contribution in [0.1, 0.15) is 5.56 Å². The van der Waals surface area contributed by atoms with Gasteiger partial charge in [-0.25, -0.2) is 0 Å². The van der Waals surface area contributed by atoms with E-state index in [1.807, 2.05) is 11.0 Å². The van der Waals surface area contributed by atoms with E-state index in [4.69, 9.17) is 20.8 Å². The number of benzene rings is 1. The predicted molar refractivity (Wildman–Crippen MR) is 64.6 cm³/mol. The Morgan fingerprint density at radius 1 is 1.59 bits per heavy atom. The van der Waals surface area contributed by atoms with Crippen LogP contribution in [0.3, 0.4) is 0 Å². The molecule has 0 radical (unpaired) electrons. The Morgan fingerprint density at radius 3 is 3.12 bits per heavy atom. The summed E-state index contributed by atoms with van der Waals surface area (Å²) >= 11 is 0. The molecule has 1 saturated heterocycles. The molecular formula is C12H15N3O2. The van der Waals surface area contributed by atoms with Crippen molar-refractivity contribution in [3.05, 3.63) is 23.8 Å². The van der Waals surface area contributed by atoms with Crippen LogP contribution in [0.2, 0.25) is 0 Å². The molecule has 1 aromatic carbocycles. The van der Waals surface area contributed by atoms with E-state index < -0.39 is 0 Å². The zero-order valence-electron chi connectivity index (χ0n) is 9.47. The van der Waals surface area contributed by atoms with Crippen LogP contribution in [0.15, 0.2) is 18.2 Å². The lowest BCUT2D eigenvalue weighted by Crippen LogP contribution is -2.44. The monoisotopic (exact) mass is 233 g/mol. The van der Waals surface area contributed by atoms with Crippen molar-refractivity contribution in [2.24, 2.45) is 0 Å². The largest absolute Gasteiger partial charge is 0.399 e. The highest BCUT2D eigenvalue weighted by Gasteiger charge is 2.21. The highest BCUT2D eigenvalue weighted by atomic mass is 16.5. The van der Waals surface area contributed by atoms with Gasteiger partial charge in [-0.15, -0.1) is 0 Å². The summed E-state index contributed by atoms with van der Waals surface area (Å²) in [6.45, 7) is 1.86. The van der Waals surface area contributed by atoms with Gasteiger partial charge < -0.3 is 20.5 Å². The van der Waals surface area contributed by atoms with Crippen molar-refractivity contribution in [2.45, 2.75) is 6.10 Å². The van der Waals surface area contributed by atoms with Crippen LogP contribution in [0.4, 0.5) is 11.4 Å². The molecule has 0 aliphatic carbocycles. The quantitative estimate of drug-likeness (QED) is 0.720. The van der Waals surface area contributed by atoms with Gasteiger partial charge in [0.25, 0.3) is 0 Å². The molecule has 1 atom stereocenters. The summed E-state index contributed by atoms with van der Waals surface area (Å²) in [6, 6.07) is 7.43. The van der Waals surface area contributed by atoms with Gasteiger partial charge in [-0.2, -0.15) is 5.26 Å². The van der Waals surface area contributed by atoms with Crippen molar-refractivity contribution in [3.63, 3.8) is 0 Å². The lowest BCUT2D eigenvalue weighted by Gasteiger charge is -2.34. The molecule has 1 aromatic rings. The zero-order chi connectivity index (χ0) is 12.3. The second kappa shape index (κ2) is 5.04. The fourth-order valence-electron chi connectivity index (χ4n) is 1.97. The summed E-state index contributed by atoms with van der Waals surface area (Å²) in [5, 5.41) is 18.2. The first-order valence-corrected chi connectivity index (χ1v) is 5.51. The second-order valence-corrected chi connectivity index (χ2v) is 4.01. The molecule has 1 aliphatic rings. The van der Waals surface area contributed by atoms with Gasteiger partial charge in [0.15, 0.2) is 0 Å². The molecule has 1 fully saturated rings. The van der Waals surface area contributed by atoms with Crippen LogP contribution in [0.25, 0.3) is 0 Å². The second-order valence-electron chi connectivity index (χ2n) is 4.01. The minimum Gasteiger partial charge on any atom is -0.399 e. The number of rotatable bonds is 2. The zero-order valence-corrected chi connectivity index (χ0v) is 9.47. The van der Waals surface area contributed by atoms with Gasteiger partial charge in [0.05, 0.1) is 30.6 Å². The Kier molecular flexibility index (Phi) is 3.47. The first-order chi connectivity index (χ1) is 8.24. The van der Waals surface area contributed by atoms with Crippen LogP contribution < -0.4 is 10.6 Å². The smallest absolute Gasteiger partial charge is 0.101 e. The molecule has 5 heteroatoms. The van der Waals surface area contributed by atoms with Gasteiger partial charge in [0.2, 0.25) is 0 Å². The number of hydrogen-bond acceptors (Lipinski definition) is 5.